The fraction of sp³-hybridized carbons (Fsp3) is 1.00. The maximum atomic E-state index is 5.67. The SMILES string of the molecule is CCCN1CCCN(C)CC1CCN. The largest absolute Gasteiger partial charge is 0.330 e. The predicted molar refractivity (Wildman–Crippen MR) is 61.4 cm³/mol. The average molecular weight is 199 g/mol. The lowest BCUT2D eigenvalue weighted by Crippen LogP contribution is -2.41. The lowest BCUT2D eigenvalue weighted by molar-refractivity contribution is 0.181. The molecule has 0 aromatic carbocycles. The third-order valence-electron chi connectivity index (χ3n) is 3.03. The predicted octanol–water partition coefficient (Wildman–Crippen LogP) is 0.751. The Morgan fingerprint density at radius 2 is 2.14 bits per heavy atom. The summed E-state index contributed by atoms with van der Waals surface area (Å²) in [6.07, 6.45) is 3.70. The summed E-state index contributed by atoms with van der Waals surface area (Å²) in [4.78, 5) is 5.06. The van der Waals surface area contributed by atoms with E-state index >= 15 is 0 Å². The smallest absolute Gasteiger partial charge is 0.0235 e. The van der Waals surface area contributed by atoms with E-state index in [1.165, 1.54) is 39.0 Å². The Morgan fingerprint density at radius 1 is 1.36 bits per heavy atom. The normalized spacial score (nSPS) is 26.4. The highest BCUT2D eigenvalue weighted by Gasteiger charge is 2.21. The van der Waals surface area contributed by atoms with Crippen molar-refractivity contribution in [3.05, 3.63) is 0 Å². The highest BCUT2D eigenvalue weighted by molar-refractivity contribution is 4.78. The summed E-state index contributed by atoms with van der Waals surface area (Å²) in [7, 11) is 2.22. The summed E-state index contributed by atoms with van der Waals surface area (Å²) in [5.74, 6) is 0. The Balaban J connectivity index is 2.49. The molecule has 0 radical (unpaired) electrons. The van der Waals surface area contributed by atoms with Crippen molar-refractivity contribution in [2.75, 3.05) is 39.8 Å². The van der Waals surface area contributed by atoms with Crippen LogP contribution in [0.4, 0.5) is 0 Å². The van der Waals surface area contributed by atoms with Crippen LogP contribution >= 0.6 is 0 Å². The zero-order valence-corrected chi connectivity index (χ0v) is 9.71. The molecule has 0 amide bonds. The number of hydrogen-bond acceptors (Lipinski definition) is 3. The van der Waals surface area contributed by atoms with Crippen molar-refractivity contribution in [3.63, 3.8) is 0 Å². The second-order valence-electron chi connectivity index (χ2n) is 4.38. The molecule has 0 spiro atoms. The average Bonchev–Trinajstić information content (AvgIpc) is 2.31. The molecule has 3 nitrogen and oxygen atoms in total. The molecule has 1 fully saturated rings. The fourth-order valence-electron chi connectivity index (χ4n) is 2.34. The monoisotopic (exact) mass is 199 g/mol. The highest BCUT2D eigenvalue weighted by Crippen LogP contribution is 2.11. The molecule has 14 heavy (non-hydrogen) atoms. The molecule has 0 bridgehead atoms. The van der Waals surface area contributed by atoms with Gasteiger partial charge in [-0.15, -0.1) is 0 Å². The van der Waals surface area contributed by atoms with E-state index in [4.69, 9.17) is 5.73 Å². The topological polar surface area (TPSA) is 32.5 Å². The second kappa shape index (κ2) is 6.38. The molecule has 0 aromatic heterocycles. The first-order valence-corrected chi connectivity index (χ1v) is 5.90. The van der Waals surface area contributed by atoms with Gasteiger partial charge in [0.25, 0.3) is 0 Å². The van der Waals surface area contributed by atoms with Gasteiger partial charge in [0.2, 0.25) is 0 Å². The Morgan fingerprint density at radius 3 is 2.79 bits per heavy atom. The summed E-state index contributed by atoms with van der Waals surface area (Å²) in [5, 5.41) is 0. The zero-order chi connectivity index (χ0) is 10.4. The van der Waals surface area contributed by atoms with E-state index < -0.39 is 0 Å². The van der Waals surface area contributed by atoms with E-state index in [1.54, 1.807) is 0 Å². The number of hydrogen-bond donors (Lipinski definition) is 1. The van der Waals surface area contributed by atoms with Gasteiger partial charge in [-0.2, -0.15) is 0 Å². The van der Waals surface area contributed by atoms with Crippen molar-refractivity contribution in [3.8, 4) is 0 Å². The third-order valence-corrected chi connectivity index (χ3v) is 3.03. The minimum atomic E-state index is 0.687. The molecule has 0 aliphatic carbocycles. The lowest BCUT2D eigenvalue weighted by atomic mass is 10.1. The van der Waals surface area contributed by atoms with Crippen molar-refractivity contribution < 1.29 is 0 Å². The first-order chi connectivity index (χ1) is 6.77. The number of nitrogens with zero attached hydrogens (tertiary/aromatic N) is 2. The minimum Gasteiger partial charge on any atom is -0.330 e. The van der Waals surface area contributed by atoms with Gasteiger partial charge in [0, 0.05) is 12.6 Å². The van der Waals surface area contributed by atoms with E-state index in [0.717, 1.165) is 13.0 Å². The van der Waals surface area contributed by atoms with Gasteiger partial charge >= 0.3 is 0 Å². The van der Waals surface area contributed by atoms with Crippen molar-refractivity contribution in [2.45, 2.75) is 32.2 Å². The molecule has 1 aliphatic rings. The second-order valence-corrected chi connectivity index (χ2v) is 4.38. The summed E-state index contributed by atoms with van der Waals surface area (Å²) in [5.41, 5.74) is 5.67. The van der Waals surface area contributed by atoms with Crippen LogP contribution in [0.2, 0.25) is 0 Å². The molecular formula is C11H25N3. The van der Waals surface area contributed by atoms with Gasteiger partial charge in [-0.05, 0) is 52.5 Å². The molecule has 2 N–H and O–H groups in total. The van der Waals surface area contributed by atoms with Gasteiger partial charge in [-0.1, -0.05) is 6.92 Å². The fourth-order valence-corrected chi connectivity index (χ4v) is 2.34. The van der Waals surface area contributed by atoms with Crippen LogP contribution in [0.5, 0.6) is 0 Å². The Kier molecular flexibility index (Phi) is 5.45. The molecule has 1 rings (SSSR count). The van der Waals surface area contributed by atoms with Gasteiger partial charge in [0.05, 0.1) is 0 Å². The first-order valence-electron chi connectivity index (χ1n) is 5.90. The Hall–Kier alpha value is -0.120. The van der Waals surface area contributed by atoms with Crippen LogP contribution in [0.3, 0.4) is 0 Å². The highest BCUT2D eigenvalue weighted by atomic mass is 15.2. The van der Waals surface area contributed by atoms with Crippen LogP contribution in [0, 0.1) is 0 Å². The molecule has 1 saturated heterocycles. The summed E-state index contributed by atoms with van der Waals surface area (Å²) >= 11 is 0. The van der Waals surface area contributed by atoms with Crippen LogP contribution in [0.1, 0.15) is 26.2 Å². The number of nitrogens with two attached hydrogens (primary N) is 1. The minimum absolute atomic E-state index is 0.687. The molecule has 0 aromatic rings. The molecule has 1 atom stereocenters. The summed E-state index contributed by atoms with van der Waals surface area (Å²) in [6, 6.07) is 0.687. The maximum absolute atomic E-state index is 5.67. The van der Waals surface area contributed by atoms with Gasteiger partial charge in [0.15, 0.2) is 0 Å². The quantitative estimate of drug-likeness (QED) is 0.725. The molecular weight excluding hydrogens is 174 g/mol. The van der Waals surface area contributed by atoms with E-state index in [0.29, 0.717) is 6.04 Å². The van der Waals surface area contributed by atoms with Crippen molar-refractivity contribution in [1.29, 1.82) is 0 Å². The Labute approximate surface area is 88.2 Å². The van der Waals surface area contributed by atoms with Crippen LogP contribution in [0.15, 0.2) is 0 Å². The van der Waals surface area contributed by atoms with E-state index in [-0.39, 0.29) is 0 Å². The Bertz CT molecular complexity index is 149. The van der Waals surface area contributed by atoms with Crippen LogP contribution < -0.4 is 5.73 Å². The third kappa shape index (κ3) is 3.56. The van der Waals surface area contributed by atoms with E-state index in [2.05, 4.69) is 23.8 Å². The summed E-state index contributed by atoms with van der Waals surface area (Å²) in [6.45, 7) is 7.99. The van der Waals surface area contributed by atoms with Crippen molar-refractivity contribution >= 4 is 0 Å². The van der Waals surface area contributed by atoms with E-state index in [9.17, 15) is 0 Å². The molecule has 0 saturated carbocycles. The zero-order valence-electron chi connectivity index (χ0n) is 9.71. The number of likely N-dealkylation sites (N-methyl/N-ethyl adjacent to an activating group) is 1. The molecule has 1 aliphatic heterocycles. The molecule has 3 heteroatoms. The molecule has 1 heterocycles. The van der Waals surface area contributed by atoms with Crippen LogP contribution in [0.25, 0.3) is 0 Å². The van der Waals surface area contributed by atoms with Gasteiger partial charge in [-0.3, -0.25) is 4.90 Å². The van der Waals surface area contributed by atoms with Crippen LogP contribution in [-0.2, 0) is 0 Å². The standard InChI is InChI=1S/C11H25N3/c1-3-7-14-9-4-8-13(2)10-11(14)5-6-12/h11H,3-10,12H2,1-2H3. The van der Waals surface area contributed by atoms with Crippen LogP contribution in [-0.4, -0.2) is 55.6 Å². The molecule has 84 valence electrons. The molecule has 1 unspecified atom stereocenters. The van der Waals surface area contributed by atoms with Gasteiger partial charge < -0.3 is 10.6 Å². The van der Waals surface area contributed by atoms with E-state index in [1.807, 2.05) is 0 Å². The van der Waals surface area contributed by atoms with Crippen molar-refractivity contribution in [1.82, 2.24) is 9.80 Å². The van der Waals surface area contributed by atoms with Gasteiger partial charge in [0.1, 0.15) is 0 Å². The number of rotatable bonds is 4. The first kappa shape index (κ1) is 12.0. The maximum Gasteiger partial charge on any atom is 0.0235 e. The lowest BCUT2D eigenvalue weighted by Gasteiger charge is -2.30. The summed E-state index contributed by atoms with van der Waals surface area (Å²) < 4.78 is 0. The van der Waals surface area contributed by atoms with Gasteiger partial charge in [-0.25, -0.2) is 0 Å². The van der Waals surface area contributed by atoms with Crippen molar-refractivity contribution in [2.24, 2.45) is 5.73 Å².